The zero-order chi connectivity index (χ0) is 14.5. The first kappa shape index (κ1) is 13.2. The molecule has 0 amide bonds. The maximum atomic E-state index is 13.3. The normalized spacial score (nSPS) is 17.0. The van der Waals surface area contributed by atoms with Crippen molar-refractivity contribution in [3.05, 3.63) is 40.8 Å². The van der Waals surface area contributed by atoms with Crippen molar-refractivity contribution >= 4 is 5.82 Å². The van der Waals surface area contributed by atoms with Crippen LogP contribution in [0, 0.1) is 12.7 Å². The van der Waals surface area contributed by atoms with E-state index >= 15 is 0 Å². The molecule has 0 fully saturated rings. The highest BCUT2D eigenvalue weighted by Gasteiger charge is 2.33. The Bertz CT molecular complexity index is 671. The van der Waals surface area contributed by atoms with Gasteiger partial charge in [0.15, 0.2) is 0 Å². The fourth-order valence-corrected chi connectivity index (χ4v) is 3.25. The summed E-state index contributed by atoms with van der Waals surface area (Å²) in [5, 5.41) is 4.68. The molecule has 0 saturated heterocycles. The van der Waals surface area contributed by atoms with Gasteiger partial charge in [-0.3, -0.25) is 0 Å². The van der Waals surface area contributed by atoms with Crippen LogP contribution in [0.25, 0.3) is 5.69 Å². The molecule has 0 spiro atoms. The van der Waals surface area contributed by atoms with Gasteiger partial charge >= 0.3 is 0 Å². The largest absolute Gasteiger partial charge is 0.383 e. The van der Waals surface area contributed by atoms with E-state index in [2.05, 4.69) is 18.9 Å². The highest BCUT2D eigenvalue weighted by atomic mass is 19.1. The van der Waals surface area contributed by atoms with Crippen LogP contribution in [0.1, 0.15) is 43.5 Å². The number of aromatic nitrogens is 2. The molecule has 0 unspecified atom stereocenters. The van der Waals surface area contributed by atoms with Gasteiger partial charge in [-0.1, -0.05) is 13.8 Å². The Labute approximate surface area is 118 Å². The Balaban J connectivity index is 2.19. The van der Waals surface area contributed by atoms with Crippen LogP contribution in [-0.2, 0) is 11.8 Å². The van der Waals surface area contributed by atoms with Crippen molar-refractivity contribution < 1.29 is 4.39 Å². The molecule has 0 atom stereocenters. The number of benzene rings is 1. The van der Waals surface area contributed by atoms with Crippen LogP contribution in [0.3, 0.4) is 0 Å². The quantitative estimate of drug-likeness (QED) is 0.864. The molecule has 2 N–H and O–H groups in total. The van der Waals surface area contributed by atoms with Gasteiger partial charge in [0, 0.05) is 5.56 Å². The van der Waals surface area contributed by atoms with Gasteiger partial charge in [0.2, 0.25) is 0 Å². The summed E-state index contributed by atoms with van der Waals surface area (Å²) in [6, 6.07) is 4.71. The Morgan fingerprint density at radius 1 is 1.35 bits per heavy atom. The lowest BCUT2D eigenvalue weighted by Crippen LogP contribution is -2.24. The molecule has 1 aliphatic carbocycles. The number of nitrogens with two attached hydrogens (primary N) is 1. The standard InChI is InChI=1S/C16H20FN3/c1-10-9-11(17)6-7-13(10)20-15(18)14-12(19-20)5-4-8-16(14,2)3/h6-7,9H,4-5,8,18H2,1-3H3. The lowest BCUT2D eigenvalue weighted by Gasteiger charge is -2.29. The third-order valence-electron chi connectivity index (χ3n) is 4.27. The van der Waals surface area contributed by atoms with Gasteiger partial charge in [0.05, 0.1) is 11.4 Å². The fourth-order valence-electron chi connectivity index (χ4n) is 3.25. The first-order chi connectivity index (χ1) is 9.40. The van der Waals surface area contributed by atoms with Gasteiger partial charge in [0.1, 0.15) is 11.6 Å². The number of fused-ring (bicyclic) bond motifs is 1. The van der Waals surface area contributed by atoms with Crippen molar-refractivity contribution in [1.82, 2.24) is 9.78 Å². The SMILES string of the molecule is Cc1cc(F)ccc1-n1nc2c(c1N)C(C)(C)CCC2. The zero-order valence-corrected chi connectivity index (χ0v) is 12.2. The molecule has 106 valence electrons. The summed E-state index contributed by atoms with van der Waals surface area (Å²) >= 11 is 0. The number of hydrogen-bond donors (Lipinski definition) is 1. The van der Waals surface area contributed by atoms with Crippen LogP contribution >= 0.6 is 0 Å². The van der Waals surface area contributed by atoms with Crippen molar-refractivity contribution in [2.45, 2.75) is 45.4 Å². The van der Waals surface area contributed by atoms with Crippen molar-refractivity contribution in [3.63, 3.8) is 0 Å². The first-order valence-electron chi connectivity index (χ1n) is 7.04. The van der Waals surface area contributed by atoms with E-state index in [9.17, 15) is 4.39 Å². The van der Waals surface area contributed by atoms with Crippen LogP contribution < -0.4 is 5.73 Å². The number of rotatable bonds is 1. The van der Waals surface area contributed by atoms with E-state index in [0.29, 0.717) is 5.82 Å². The van der Waals surface area contributed by atoms with Crippen LogP contribution in [0.5, 0.6) is 0 Å². The number of hydrogen-bond acceptors (Lipinski definition) is 2. The molecule has 0 radical (unpaired) electrons. The maximum Gasteiger partial charge on any atom is 0.131 e. The molecule has 0 bridgehead atoms. The average Bonchev–Trinajstić information content (AvgIpc) is 2.67. The summed E-state index contributed by atoms with van der Waals surface area (Å²) in [5.41, 5.74) is 10.3. The summed E-state index contributed by atoms with van der Waals surface area (Å²) in [7, 11) is 0. The predicted octanol–water partition coefficient (Wildman–Crippen LogP) is 3.52. The number of halogens is 1. The van der Waals surface area contributed by atoms with Gasteiger partial charge in [0.25, 0.3) is 0 Å². The number of nitrogens with zero attached hydrogens (tertiary/aromatic N) is 2. The van der Waals surface area contributed by atoms with Gasteiger partial charge < -0.3 is 5.73 Å². The second-order valence-corrected chi connectivity index (χ2v) is 6.29. The third-order valence-corrected chi connectivity index (χ3v) is 4.27. The molecular formula is C16H20FN3. The van der Waals surface area contributed by atoms with E-state index in [0.717, 1.165) is 41.8 Å². The Morgan fingerprint density at radius 2 is 2.10 bits per heavy atom. The van der Waals surface area contributed by atoms with Crippen LogP contribution in [0.4, 0.5) is 10.2 Å². The zero-order valence-electron chi connectivity index (χ0n) is 12.2. The fraction of sp³-hybridized carbons (Fsp3) is 0.438. The maximum absolute atomic E-state index is 13.3. The average molecular weight is 273 g/mol. The molecule has 0 saturated carbocycles. The molecule has 1 aromatic carbocycles. The smallest absolute Gasteiger partial charge is 0.131 e. The van der Waals surface area contributed by atoms with E-state index < -0.39 is 0 Å². The minimum atomic E-state index is -0.234. The van der Waals surface area contributed by atoms with Crippen molar-refractivity contribution in [3.8, 4) is 5.69 Å². The highest BCUT2D eigenvalue weighted by molar-refractivity contribution is 5.55. The molecular weight excluding hydrogens is 253 g/mol. The molecule has 0 aliphatic heterocycles. The minimum Gasteiger partial charge on any atom is -0.383 e. The predicted molar refractivity (Wildman–Crippen MR) is 78.6 cm³/mol. The highest BCUT2D eigenvalue weighted by Crippen LogP contribution is 2.40. The second-order valence-electron chi connectivity index (χ2n) is 6.29. The van der Waals surface area contributed by atoms with E-state index in [4.69, 9.17) is 5.73 Å². The van der Waals surface area contributed by atoms with Gasteiger partial charge in [-0.25, -0.2) is 9.07 Å². The lowest BCUT2D eigenvalue weighted by atomic mass is 9.75. The molecule has 3 rings (SSSR count). The van der Waals surface area contributed by atoms with Gasteiger partial charge in [-0.15, -0.1) is 0 Å². The summed E-state index contributed by atoms with van der Waals surface area (Å²) in [4.78, 5) is 0. The van der Waals surface area contributed by atoms with Gasteiger partial charge in [-0.2, -0.15) is 5.10 Å². The number of nitrogen functional groups attached to an aromatic ring is 1. The van der Waals surface area contributed by atoms with Crippen molar-refractivity contribution in [2.24, 2.45) is 0 Å². The first-order valence-corrected chi connectivity index (χ1v) is 7.04. The van der Waals surface area contributed by atoms with E-state index in [1.54, 1.807) is 10.7 Å². The van der Waals surface area contributed by atoms with Crippen molar-refractivity contribution in [1.29, 1.82) is 0 Å². The number of anilines is 1. The Morgan fingerprint density at radius 3 is 2.75 bits per heavy atom. The topological polar surface area (TPSA) is 43.8 Å². The molecule has 20 heavy (non-hydrogen) atoms. The van der Waals surface area contributed by atoms with E-state index in [-0.39, 0.29) is 11.2 Å². The minimum absolute atomic E-state index is 0.0594. The van der Waals surface area contributed by atoms with Crippen LogP contribution in [-0.4, -0.2) is 9.78 Å². The van der Waals surface area contributed by atoms with Crippen LogP contribution in [0.15, 0.2) is 18.2 Å². The molecule has 2 aromatic rings. The summed E-state index contributed by atoms with van der Waals surface area (Å²) in [6.07, 6.45) is 3.23. The van der Waals surface area contributed by atoms with Gasteiger partial charge in [-0.05, 0) is 55.4 Å². The van der Waals surface area contributed by atoms with Crippen molar-refractivity contribution in [2.75, 3.05) is 5.73 Å². The second kappa shape index (κ2) is 4.33. The molecule has 4 heteroatoms. The monoisotopic (exact) mass is 273 g/mol. The summed E-state index contributed by atoms with van der Waals surface area (Å²) in [5.74, 6) is 0.460. The number of aryl methyl sites for hydroxylation is 2. The Kier molecular flexibility index (Phi) is 2.85. The molecule has 3 nitrogen and oxygen atoms in total. The Hall–Kier alpha value is -1.84. The third kappa shape index (κ3) is 1.90. The molecule has 1 aromatic heterocycles. The van der Waals surface area contributed by atoms with Crippen LogP contribution in [0.2, 0.25) is 0 Å². The summed E-state index contributed by atoms with van der Waals surface area (Å²) in [6.45, 7) is 6.31. The molecule has 1 heterocycles. The van der Waals surface area contributed by atoms with E-state index in [1.807, 2.05) is 6.92 Å². The molecule has 1 aliphatic rings. The lowest BCUT2D eigenvalue weighted by molar-refractivity contribution is 0.432. The van der Waals surface area contributed by atoms with E-state index in [1.165, 1.54) is 12.1 Å². The summed E-state index contributed by atoms with van der Waals surface area (Å²) < 4.78 is 15.0.